The summed E-state index contributed by atoms with van der Waals surface area (Å²) in [5, 5.41) is 12.4. The third-order valence-electron chi connectivity index (χ3n) is 5.10. The number of nitrogens with one attached hydrogen (secondary N) is 1. The van der Waals surface area contributed by atoms with Gasteiger partial charge >= 0.3 is 12.1 Å². The number of carbonyl (C=O) groups is 2. The monoisotopic (exact) mass is 382 g/mol. The Kier molecular flexibility index (Phi) is 4.68. The summed E-state index contributed by atoms with van der Waals surface area (Å²) in [6.45, 7) is 2.13. The van der Waals surface area contributed by atoms with Gasteiger partial charge in [-0.15, -0.1) is 0 Å². The topological polar surface area (TPSA) is 88.1 Å². The van der Waals surface area contributed by atoms with Gasteiger partial charge in [-0.3, -0.25) is 4.90 Å². The molecular weight excluding hydrogens is 360 g/mol. The fourth-order valence-electron chi connectivity index (χ4n) is 3.57. The highest BCUT2D eigenvalue weighted by molar-refractivity contribution is 5.92. The first kappa shape index (κ1) is 18.3. The summed E-state index contributed by atoms with van der Waals surface area (Å²) in [7, 11) is 0. The number of hydrogen-bond donors (Lipinski definition) is 2. The smallest absolute Gasteiger partial charge is 0.414 e. The number of anilines is 2. The normalized spacial score (nSPS) is 23.1. The molecule has 1 fully saturated rings. The molecule has 0 bridgehead atoms. The molecule has 7 nitrogen and oxygen atoms in total. The van der Waals surface area contributed by atoms with Gasteiger partial charge in [-0.05, 0) is 36.2 Å². The molecule has 146 valence electrons. The number of aliphatic hydroxyl groups excluding tert-OH is 1. The van der Waals surface area contributed by atoms with Crippen LogP contribution in [0, 0.1) is 0 Å². The van der Waals surface area contributed by atoms with E-state index in [0.717, 1.165) is 16.8 Å². The Bertz CT molecular complexity index is 901. The van der Waals surface area contributed by atoms with Crippen molar-refractivity contribution in [3.8, 4) is 0 Å². The molecule has 0 radical (unpaired) electrons. The fourth-order valence-corrected chi connectivity index (χ4v) is 3.57. The zero-order valence-electron chi connectivity index (χ0n) is 15.6. The lowest BCUT2D eigenvalue weighted by Gasteiger charge is -2.22. The lowest BCUT2D eigenvalue weighted by atomic mass is 9.97. The maximum absolute atomic E-state index is 12.7. The van der Waals surface area contributed by atoms with Crippen LogP contribution < -0.4 is 10.2 Å². The molecule has 1 saturated heterocycles. The van der Waals surface area contributed by atoms with Crippen LogP contribution in [0.4, 0.5) is 16.2 Å². The van der Waals surface area contributed by atoms with Crippen molar-refractivity contribution >= 4 is 23.4 Å². The largest absolute Gasteiger partial charge is 0.459 e. The van der Waals surface area contributed by atoms with Gasteiger partial charge in [0.2, 0.25) is 0 Å². The molecule has 2 aliphatic rings. The van der Waals surface area contributed by atoms with E-state index in [1.807, 2.05) is 49.4 Å². The molecule has 4 rings (SSSR count). The van der Waals surface area contributed by atoms with Gasteiger partial charge in [-0.2, -0.15) is 0 Å². The summed E-state index contributed by atoms with van der Waals surface area (Å²) in [5.74, 6) is -0.324. The summed E-state index contributed by atoms with van der Waals surface area (Å²) in [6, 6.07) is 15.1. The predicted molar refractivity (Wildman–Crippen MR) is 103 cm³/mol. The number of hydrogen-bond acceptors (Lipinski definition) is 6. The van der Waals surface area contributed by atoms with Gasteiger partial charge < -0.3 is 19.9 Å². The Morgan fingerprint density at radius 2 is 2.11 bits per heavy atom. The van der Waals surface area contributed by atoms with E-state index < -0.39 is 17.7 Å². The number of carbonyl (C=O) groups excluding carboxylic acids is 2. The van der Waals surface area contributed by atoms with Gasteiger partial charge in [0.05, 0.1) is 13.2 Å². The van der Waals surface area contributed by atoms with Gasteiger partial charge in [0.15, 0.2) is 0 Å². The summed E-state index contributed by atoms with van der Waals surface area (Å²) < 4.78 is 10.6. The highest BCUT2D eigenvalue weighted by atomic mass is 16.6. The standard InChI is InChI=1S/C21H22N2O5/c1-21(19(25)27-13-14-5-3-2-4-6-14)10-15-9-16(7-8-18(15)22-21)23-11-17(12-24)28-20(23)26/h2-9,17,22,24H,10-13H2,1H3/t17-,21-/m1/s1. The Balaban J connectivity index is 1.45. The lowest BCUT2D eigenvalue weighted by Crippen LogP contribution is -2.43. The van der Waals surface area contributed by atoms with Crippen molar-refractivity contribution in [3.05, 3.63) is 59.7 Å². The van der Waals surface area contributed by atoms with Crippen molar-refractivity contribution in [1.29, 1.82) is 0 Å². The second kappa shape index (κ2) is 7.16. The molecule has 0 spiro atoms. The van der Waals surface area contributed by atoms with Crippen molar-refractivity contribution in [2.45, 2.75) is 31.6 Å². The third-order valence-corrected chi connectivity index (χ3v) is 5.10. The number of nitrogens with zero attached hydrogens (tertiary/aromatic N) is 1. The molecule has 2 aliphatic heterocycles. The minimum absolute atomic E-state index is 0.208. The van der Waals surface area contributed by atoms with Crippen LogP contribution >= 0.6 is 0 Å². The first-order valence-electron chi connectivity index (χ1n) is 9.20. The summed E-state index contributed by atoms with van der Waals surface area (Å²) in [4.78, 5) is 26.2. The molecule has 2 aromatic carbocycles. The van der Waals surface area contributed by atoms with Crippen molar-refractivity contribution in [2.24, 2.45) is 0 Å². The Morgan fingerprint density at radius 1 is 1.32 bits per heavy atom. The van der Waals surface area contributed by atoms with Crippen LogP contribution in [0.1, 0.15) is 18.1 Å². The highest BCUT2D eigenvalue weighted by Crippen LogP contribution is 2.36. The maximum atomic E-state index is 12.7. The second-order valence-electron chi connectivity index (χ2n) is 7.34. The number of aliphatic hydroxyl groups is 1. The van der Waals surface area contributed by atoms with E-state index in [2.05, 4.69) is 5.32 Å². The van der Waals surface area contributed by atoms with E-state index in [4.69, 9.17) is 9.47 Å². The van der Waals surface area contributed by atoms with Crippen molar-refractivity contribution in [2.75, 3.05) is 23.4 Å². The molecule has 1 amide bonds. The number of cyclic esters (lactones) is 1. The number of ether oxygens (including phenoxy) is 2. The Labute approximate surface area is 162 Å². The van der Waals surface area contributed by atoms with Crippen LogP contribution in [0.3, 0.4) is 0 Å². The maximum Gasteiger partial charge on any atom is 0.414 e. The Morgan fingerprint density at radius 3 is 2.82 bits per heavy atom. The lowest BCUT2D eigenvalue weighted by molar-refractivity contribution is -0.149. The van der Waals surface area contributed by atoms with Gasteiger partial charge in [-0.25, -0.2) is 9.59 Å². The average Bonchev–Trinajstić information content (AvgIpc) is 3.25. The number of fused-ring (bicyclic) bond motifs is 1. The molecule has 0 aromatic heterocycles. The first-order chi connectivity index (χ1) is 13.5. The van der Waals surface area contributed by atoms with Gasteiger partial charge in [-0.1, -0.05) is 30.3 Å². The van der Waals surface area contributed by atoms with Crippen LogP contribution in [0.25, 0.3) is 0 Å². The second-order valence-corrected chi connectivity index (χ2v) is 7.34. The summed E-state index contributed by atoms with van der Waals surface area (Å²) in [6.07, 6.45) is -0.539. The number of benzene rings is 2. The number of amides is 1. The van der Waals surface area contributed by atoms with E-state index in [0.29, 0.717) is 18.7 Å². The quantitative estimate of drug-likeness (QED) is 0.773. The molecule has 7 heteroatoms. The molecule has 0 aliphatic carbocycles. The summed E-state index contributed by atoms with van der Waals surface area (Å²) >= 11 is 0. The molecule has 2 aromatic rings. The third kappa shape index (κ3) is 3.41. The summed E-state index contributed by atoms with van der Waals surface area (Å²) in [5.41, 5.74) is 2.52. The van der Waals surface area contributed by atoms with Crippen LogP contribution in [-0.2, 0) is 27.3 Å². The van der Waals surface area contributed by atoms with E-state index in [-0.39, 0.29) is 19.2 Å². The van der Waals surface area contributed by atoms with Crippen LogP contribution in [0.2, 0.25) is 0 Å². The molecular formula is C21H22N2O5. The molecule has 2 atom stereocenters. The van der Waals surface area contributed by atoms with E-state index >= 15 is 0 Å². The van der Waals surface area contributed by atoms with Gasteiger partial charge in [0, 0.05) is 17.8 Å². The fraction of sp³-hybridized carbons (Fsp3) is 0.333. The number of esters is 1. The van der Waals surface area contributed by atoms with E-state index in [9.17, 15) is 14.7 Å². The minimum Gasteiger partial charge on any atom is -0.459 e. The van der Waals surface area contributed by atoms with Crippen LogP contribution in [-0.4, -0.2) is 42.0 Å². The van der Waals surface area contributed by atoms with E-state index in [1.165, 1.54) is 4.90 Å². The Hall–Kier alpha value is -3.06. The van der Waals surface area contributed by atoms with E-state index in [1.54, 1.807) is 6.07 Å². The molecule has 28 heavy (non-hydrogen) atoms. The van der Waals surface area contributed by atoms with Gasteiger partial charge in [0.25, 0.3) is 0 Å². The average molecular weight is 382 g/mol. The van der Waals surface area contributed by atoms with Gasteiger partial charge in [0.1, 0.15) is 18.2 Å². The zero-order valence-corrected chi connectivity index (χ0v) is 15.6. The van der Waals surface area contributed by atoms with Crippen molar-refractivity contribution in [3.63, 3.8) is 0 Å². The minimum atomic E-state index is -0.866. The van der Waals surface area contributed by atoms with Crippen molar-refractivity contribution in [1.82, 2.24) is 0 Å². The van der Waals surface area contributed by atoms with Crippen molar-refractivity contribution < 1.29 is 24.2 Å². The zero-order chi connectivity index (χ0) is 19.7. The molecule has 0 unspecified atom stereocenters. The number of rotatable bonds is 5. The molecule has 2 heterocycles. The SMILES string of the molecule is C[C@]1(C(=O)OCc2ccccc2)Cc2cc(N3C[C@H](CO)OC3=O)ccc2N1. The molecule has 2 N–H and O–H groups in total. The highest BCUT2D eigenvalue weighted by Gasteiger charge is 2.41. The van der Waals surface area contributed by atoms with Crippen LogP contribution in [0.15, 0.2) is 48.5 Å². The first-order valence-corrected chi connectivity index (χ1v) is 9.20. The predicted octanol–water partition coefficient (Wildman–Crippen LogP) is 2.47. The van der Waals surface area contributed by atoms with Crippen LogP contribution in [0.5, 0.6) is 0 Å². The molecule has 0 saturated carbocycles.